The van der Waals surface area contributed by atoms with E-state index in [9.17, 15) is 5.21 Å². The van der Waals surface area contributed by atoms with E-state index in [1.165, 1.54) is 0 Å². The lowest BCUT2D eigenvalue weighted by atomic mass is 10.2. The van der Waals surface area contributed by atoms with Crippen molar-refractivity contribution in [2.75, 3.05) is 7.05 Å². The first-order valence-corrected chi connectivity index (χ1v) is 4.27. The van der Waals surface area contributed by atoms with E-state index in [0.717, 1.165) is 29.9 Å². The van der Waals surface area contributed by atoms with E-state index in [0.29, 0.717) is 0 Å². The Hall–Kier alpha value is -0.870. The zero-order chi connectivity index (χ0) is 9.14. The molecule has 1 atom stereocenters. The van der Waals surface area contributed by atoms with Gasteiger partial charge in [0.1, 0.15) is 5.69 Å². The van der Waals surface area contributed by atoms with Crippen LogP contribution in [-0.2, 0) is 12.8 Å². The van der Waals surface area contributed by atoms with Crippen LogP contribution in [0, 0.1) is 5.21 Å². The van der Waals surface area contributed by atoms with E-state index in [1.54, 1.807) is 7.05 Å². The van der Waals surface area contributed by atoms with Gasteiger partial charge in [-0.2, -0.15) is 5.10 Å². The number of aryl methyl sites for hydroxylation is 2. The van der Waals surface area contributed by atoms with E-state index in [4.69, 9.17) is 0 Å². The van der Waals surface area contributed by atoms with Crippen molar-refractivity contribution in [3.63, 3.8) is 0 Å². The maximum atomic E-state index is 11.2. The summed E-state index contributed by atoms with van der Waals surface area (Å²) >= 11 is 0. The molecule has 4 heteroatoms. The molecule has 4 nitrogen and oxygen atoms in total. The predicted molar refractivity (Wildman–Crippen MR) is 47.3 cm³/mol. The summed E-state index contributed by atoms with van der Waals surface area (Å²) in [5.74, 6) is 0. The van der Waals surface area contributed by atoms with E-state index in [2.05, 4.69) is 10.2 Å². The third-order valence-electron chi connectivity index (χ3n) is 1.96. The van der Waals surface area contributed by atoms with E-state index < -0.39 is 0 Å². The van der Waals surface area contributed by atoms with Crippen LogP contribution in [0.4, 0.5) is 5.69 Å². The van der Waals surface area contributed by atoms with Gasteiger partial charge in [-0.05, 0) is 12.8 Å². The van der Waals surface area contributed by atoms with Gasteiger partial charge in [0.25, 0.3) is 0 Å². The quantitative estimate of drug-likeness (QED) is 0.634. The van der Waals surface area contributed by atoms with Gasteiger partial charge >= 0.3 is 0 Å². The third-order valence-corrected chi connectivity index (χ3v) is 1.96. The SMILES string of the molecule is CCc1n[nH]c(CC)c1[NH+](C)[O-]. The van der Waals surface area contributed by atoms with Crippen LogP contribution in [0.25, 0.3) is 0 Å². The highest BCUT2D eigenvalue weighted by atomic mass is 16.5. The molecule has 1 rings (SSSR count). The fourth-order valence-corrected chi connectivity index (χ4v) is 1.35. The van der Waals surface area contributed by atoms with Crippen molar-refractivity contribution in [1.82, 2.24) is 10.2 Å². The van der Waals surface area contributed by atoms with Crippen LogP contribution in [0.15, 0.2) is 0 Å². The lowest BCUT2D eigenvalue weighted by Gasteiger charge is -2.16. The van der Waals surface area contributed by atoms with Gasteiger partial charge in [0.05, 0.1) is 12.7 Å². The molecule has 1 aromatic rings. The van der Waals surface area contributed by atoms with Crippen LogP contribution in [0.5, 0.6) is 0 Å². The lowest BCUT2D eigenvalue weighted by Crippen LogP contribution is -2.98. The molecule has 2 N–H and O–H groups in total. The largest absolute Gasteiger partial charge is 0.629 e. The molecule has 0 aliphatic rings. The second-order valence-electron chi connectivity index (χ2n) is 2.79. The second-order valence-corrected chi connectivity index (χ2v) is 2.79. The van der Waals surface area contributed by atoms with Gasteiger partial charge in [-0.25, -0.2) is 0 Å². The van der Waals surface area contributed by atoms with Crippen molar-refractivity contribution >= 4 is 5.69 Å². The first-order valence-electron chi connectivity index (χ1n) is 4.27. The standard InChI is InChI=1S/C8H15N3O/c1-4-6-8(11(3)12)7(5-2)10-9-6/h11H,4-5H2,1-3H3,(H,9,10). The summed E-state index contributed by atoms with van der Waals surface area (Å²) in [6, 6.07) is 0. The van der Waals surface area contributed by atoms with Crippen molar-refractivity contribution < 1.29 is 5.06 Å². The van der Waals surface area contributed by atoms with Gasteiger partial charge in [-0.3, -0.25) is 5.10 Å². The number of quaternary nitrogens is 1. The van der Waals surface area contributed by atoms with Gasteiger partial charge in [-0.15, -0.1) is 0 Å². The number of rotatable bonds is 3. The molecule has 0 saturated carbocycles. The van der Waals surface area contributed by atoms with E-state index >= 15 is 0 Å². The molecule has 68 valence electrons. The number of nitrogens with zero attached hydrogens (tertiary/aromatic N) is 1. The van der Waals surface area contributed by atoms with Crippen molar-refractivity contribution in [3.05, 3.63) is 16.6 Å². The fraction of sp³-hybridized carbons (Fsp3) is 0.625. The Morgan fingerprint density at radius 1 is 1.42 bits per heavy atom. The maximum absolute atomic E-state index is 11.2. The molecule has 0 amide bonds. The van der Waals surface area contributed by atoms with Gasteiger partial charge < -0.3 is 10.3 Å². The molecule has 0 aliphatic heterocycles. The first-order chi connectivity index (χ1) is 5.70. The second kappa shape index (κ2) is 3.69. The van der Waals surface area contributed by atoms with Crippen LogP contribution < -0.4 is 5.06 Å². The maximum Gasteiger partial charge on any atom is 0.175 e. The number of hydroxylamine groups is 1. The number of hydrogen-bond acceptors (Lipinski definition) is 2. The van der Waals surface area contributed by atoms with Crippen LogP contribution in [0.2, 0.25) is 0 Å². The van der Waals surface area contributed by atoms with Gasteiger partial charge in [-0.1, -0.05) is 13.8 Å². The Morgan fingerprint density at radius 2 is 2.08 bits per heavy atom. The molecule has 0 spiro atoms. The zero-order valence-electron chi connectivity index (χ0n) is 7.77. The Kier molecular flexibility index (Phi) is 2.83. The van der Waals surface area contributed by atoms with Crippen molar-refractivity contribution in [2.45, 2.75) is 26.7 Å². The summed E-state index contributed by atoms with van der Waals surface area (Å²) in [7, 11) is 1.59. The van der Waals surface area contributed by atoms with Gasteiger partial charge in [0.2, 0.25) is 0 Å². The van der Waals surface area contributed by atoms with Crippen LogP contribution in [0.1, 0.15) is 25.2 Å². The Morgan fingerprint density at radius 3 is 2.50 bits per heavy atom. The van der Waals surface area contributed by atoms with Crippen LogP contribution in [-0.4, -0.2) is 17.2 Å². The Bertz CT molecular complexity index is 233. The molecule has 0 bridgehead atoms. The highest BCUT2D eigenvalue weighted by Gasteiger charge is 2.14. The minimum Gasteiger partial charge on any atom is -0.629 e. The molecule has 0 aromatic carbocycles. The molecule has 12 heavy (non-hydrogen) atoms. The number of nitrogens with one attached hydrogen (secondary N) is 2. The molecule has 0 saturated heterocycles. The fourth-order valence-electron chi connectivity index (χ4n) is 1.35. The highest BCUT2D eigenvalue weighted by Crippen LogP contribution is 2.13. The average Bonchev–Trinajstić information content (AvgIpc) is 2.46. The van der Waals surface area contributed by atoms with Gasteiger partial charge in [0, 0.05) is 0 Å². The molecular formula is C8H15N3O. The Balaban J connectivity index is 3.07. The van der Waals surface area contributed by atoms with E-state index in [-0.39, 0.29) is 5.06 Å². The number of aromatic amines is 1. The van der Waals surface area contributed by atoms with Crippen LogP contribution in [0.3, 0.4) is 0 Å². The molecule has 0 aliphatic carbocycles. The van der Waals surface area contributed by atoms with E-state index in [1.807, 2.05) is 13.8 Å². The van der Waals surface area contributed by atoms with Crippen molar-refractivity contribution in [2.24, 2.45) is 0 Å². The summed E-state index contributed by atoms with van der Waals surface area (Å²) < 4.78 is 0. The topological polar surface area (TPSA) is 56.2 Å². The molecule has 0 radical (unpaired) electrons. The molecule has 1 unspecified atom stereocenters. The number of hydrogen-bond donors (Lipinski definition) is 2. The lowest BCUT2D eigenvalue weighted by molar-refractivity contribution is -0.752. The molecular weight excluding hydrogens is 154 g/mol. The third kappa shape index (κ3) is 1.49. The number of aromatic nitrogens is 2. The van der Waals surface area contributed by atoms with Gasteiger partial charge in [0.15, 0.2) is 5.69 Å². The summed E-state index contributed by atoms with van der Waals surface area (Å²) in [5, 5.41) is 18.3. The average molecular weight is 169 g/mol. The summed E-state index contributed by atoms with van der Waals surface area (Å²) in [6.07, 6.45) is 1.65. The van der Waals surface area contributed by atoms with Crippen LogP contribution >= 0.6 is 0 Å². The Labute approximate surface area is 72.2 Å². The van der Waals surface area contributed by atoms with Crippen molar-refractivity contribution in [1.29, 1.82) is 0 Å². The van der Waals surface area contributed by atoms with Crippen molar-refractivity contribution in [3.8, 4) is 0 Å². The molecule has 1 heterocycles. The molecule has 1 aromatic heterocycles. The number of H-pyrrole nitrogens is 1. The monoisotopic (exact) mass is 169 g/mol. The minimum absolute atomic E-state index is 0.109. The smallest absolute Gasteiger partial charge is 0.175 e. The summed E-state index contributed by atoms with van der Waals surface area (Å²) in [4.78, 5) is 0. The summed E-state index contributed by atoms with van der Waals surface area (Å²) in [6.45, 7) is 4.02. The molecule has 0 fully saturated rings. The first kappa shape index (κ1) is 9.22. The zero-order valence-corrected chi connectivity index (χ0v) is 7.77. The predicted octanol–water partition coefficient (Wildman–Crippen LogP) is 0.178. The summed E-state index contributed by atoms with van der Waals surface area (Å²) in [5.41, 5.74) is 2.64. The normalized spacial score (nSPS) is 13.3. The minimum atomic E-state index is 0.109. The highest BCUT2D eigenvalue weighted by molar-refractivity contribution is 5.39.